The quantitative estimate of drug-likeness (QED) is 0.779. The Morgan fingerprint density at radius 1 is 1.06 bits per heavy atom. The van der Waals surface area contributed by atoms with Gasteiger partial charge in [0.25, 0.3) is 0 Å². The van der Waals surface area contributed by atoms with Crippen LogP contribution in [0.4, 0.5) is 0 Å². The summed E-state index contributed by atoms with van der Waals surface area (Å²) in [6.45, 7) is 15.9. The fourth-order valence-corrected chi connectivity index (χ4v) is 3.16. The molecule has 3 nitrogen and oxygen atoms in total. The van der Waals surface area contributed by atoms with E-state index in [1.165, 1.54) is 52.2 Å². The summed E-state index contributed by atoms with van der Waals surface area (Å²) in [4.78, 5) is 5.33. The molecule has 0 spiro atoms. The molecule has 17 heavy (non-hydrogen) atoms. The minimum Gasteiger partial charge on any atom is -0.314 e. The summed E-state index contributed by atoms with van der Waals surface area (Å²) in [6, 6.07) is 0.838. The molecule has 2 rings (SSSR count). The van der Waals surface area contributed by atoms with E-state index in [-0.39, 0.29) is 0 Å². The molecule has 0 aromatic rings. The first-order valence-electron chi connectivity index (χ1n) is 7.32. The monoisotopic (exact) mass is 239 g/mol. The van der Waals surface area contributed by atoms with E-state index < -0.39 is 0 Å². The summed E-state index contributed by atoms with van der Waals surface area (Å²) in [5.74, 6) is 1.69. The van der Waals surface area contributed by atoms with Gasteiger partial charge in [-0.3, -0.25) is 4.90 Å². The van der Waals surface area contributed by atoms with Crippen LogP contribution in [0.2, 0.25) is 0 Å². The van der Waals surface area contributed by atoms with Gasteiger partial charge >= 0.3 is 0 Å². The van der Waals surface area contributed by atoms with Crippen LogP contribution in [-0.2, 0) is 0 Å². The zero-order chi connectivity index (χ0) is 12.3. The molecule has 3 heteroatoms. The Labute approximate surface area is 107 Å². The van der Waals surface area contributed by atoms with Crippen molar-refractivity contribution in [3.8, 4) is 0 Å². The number of rotatable bonds is 5. The molecule has 0 bridgehead atoms. The Kier molecular flexibility index (Phi) is 4.83. The van der Waals surface area contributed by atoms with Gasteiger partial charge in [0.1, 0.15) is 0 Å². The summed E-state index contributed by atoms with van der Waals surface area (Å²) in [7, 11) is 0. The van der Waals surface area contributed by atoms with Crippen molar-refractivity contribution >= 4 is 0 Å². The molecular formula is C14H29N3. The molecular weight excluding hydrogens is 210 g/mol. The van der Waals surface area contributed by atoms with E-state index in [1.807, 2.05) is 0 Å². The first-order valence-corrected chi connectivity index (χ1v) is 7.32. The maximum atomic E-state index is 3.37. The van der Waals surface area contributed by atoms with Crippen LogP contribution in [-0.4, -0.2) is 61.7 Å². The van der Waals surface area contributed by atoms with Crippen molar-refractivity contribution in [3.63, 3.8) is 0 Å². The average molecular weight is 239 g/mol. The molecule has 2 fully saturated rings. The Morgan fingerprint density at radius 2 is 1.71 bits per heavy atom. The van der Waals surface area contributed by atoms with E-state index >= 15 is 0 Å². The molecule has 2 heterocycles. The molecule has 1 unspecified atom stereocenters. The maximum Gasteiger partial charge on any atom is 0.0346 e. The van der Waals surface area contributed by atoms with Gasteiger partial charge in [0.05, 0.1) is 0 Å². The second-order valence-electron chi connectivity index (χ2n) is 6.38. The molecule has 0 aromatic carbocycles. The highest BCUT2D eigenvalue weighted by molar-refractivity contribution is 4.87. The fourth-order valence-electron chi connectivity index (χ4n) is 3.16. The predicted octanol–water partition coefficient (Wildman–Crippen LogP) is 1.26. The van der Waals surface area contributed by atoms with Crippen molar-refractivity contribution in [1.29, 1.82) is 0 Å². The number of nitrogens with zero attached hydrogens (tertiary/aromatic N) is 2. The van der Waals surface area contributed by atoms with Crippen molar-refractivity contribution < 1.29 is 0 Å². The van der Waals surface area contributed by atoms with E-state index in [9.17, 15) is 0 Å². The van der Waals surface area contributed by atoms with E-state index in [0.717, 1.165) is 17.9 Å². The molecule has 2 aliphatic heterocycles. The van der Waals surface area contributed by atoms with Crippen LogP contribution in [0.25, 0.3) is 0 Å². The van der Waals surface area contributed by atoms with Crippen LogP contribution in [0.5, 0.6) is 0 Å². The molecule has 2 aliphatic rings. The highest BCUT2D eigenvalue weighted by atomic mass is 15.3. The van der Waals surface area contributed by atoms with Crippen LogP contribution < -0.4 is 5.32 Å². The molecule has 100 valence electrons. The largest absolute Gasteiger partial charge is 0.314 e. The number of hydrogen-bond donors (Lipinski definition) is 1. The van der Waals surface area contributed by atoms with Crippen molar-refractivity contribution in [2.45, 2.75) is 33.2 Å². The minimum absolute atomic E-state index is 0.838. The lowest BCUT2D eigenvalue weighted by Crippen LogP contribution is -2.61. The Morgan fingerprint density at radius 3 is 2.18 bits per heavy atom. The van der Waals surface area contributed by atoms with Crippen LogP contribution in [0.15, 0.2) is 0 Å². The normalized spacial score (nSPS) is 26.1. The number of piperazine rings is 1. The van der Waals surface area contributed by atoms with Gasteiger partial charge in [0, 0.05) is 51.9 Å². The zero-order valence-electron chi connectivity index (χ0n) is 11.8. The summed E-state index contributed by atoms with van der Waals surface area (Å²) in [5.41, 5.74) is 0. The Balaban J connectivity index is 1.64. The van der Waals surface area contributed by atoms with E-state index in [2.05, 4.69) is 35.9 Å². The third kappa shape index (κ3) is 3.94. The first kappa shape index (κ1) is 13.3. The van der Waals surface area contributed by atoms with E-state index in [4.69, 9.17) is 0 Å². The second-order valence-corrected chi connectivity index (χ2v) is 6.38. The highest BCUT2D eigenvalue weighted by Gasteiger charge is 2.27. The summed E-state index contributed by atoms with van der Waals surface area (Å²) < 4.78 is 0. The van der Waals surface area contributed by atoms with Crippen molar-refractivity contribution in [3.05, 3.63) is 0 Å². The van der Waals surface area contributed by atoms with Gasteiger partial charge < -0.3 is 10.2 Å². The van der Waals surface area contributed by atoms with Gasteiger partial charge in [-0.1, -0.05) is 20.8 Å². The third-order valence-electron chi connectivity index (χ3n) is 4.13. The second kappa shape index (κ2) is 6.17. The van der Waals surface area contributed by atoms with Gasteiger partial charge in [-0.25, -0.2) is 0 Å². The Hall–Kier alpha value is -0.120. The van der Waals surface area contributed by atoms with Gasteiger partial charge in [0.15, 0.2) is 0 Å². The molecule has 2 saturated heterocycles. The lowest BCUT2D eigenvalue weighted by atomic mass is 9.98. The van der Waals surface area contributed by atoms with Crippen LogP contribution in [0.1, 0.15) is 27.2 Å². The maximum absolute atomic E-state index is 3.37. The van der Waals surface area contributed by atoms with Gasteiger partial charge in [0.2, 0.25) is 0 Å². The SMILES string of the molecule is CC(C)CC(C)CN1CCN(C2CNC2)CC1. The summed E-state index contributed by atoms with van der Waals surface area (Å²) in [6.07, 6.45) is 1.37. The zero-order valence-corrected chi connectivity index (χ0v) is 11.8. The Bertz CT molecular complexity index is 218. The lowest BCUT2D eigenvalue weighted by Gasteiger charge is -2.43. The van der Waals surface area contributed by atoms with Crippen molar-refractivity contribution in [1.82, 2.24) is 15.1 Å². The van der Waals surface area contributed by atoms with Gasteiger partial charge in [-0.05, 0) is 18.3 Å². The van der Waals surface area contributed by atoms with Gasteiger partial charge in [-0.15, -0.1) is 0 Å². The highest BCUT2D eigenvalue weighted by Crippen LogP contribution is 2.15. The van der Waals surface area contributed by atoms with Gasteiger partial charge in [-0.2, -0.15) is 0 Å². The fraction of sp³-hybridized carbons (Fsp3) is 1.00. The van der Waals surface area contributed by atoms with Crippen LogP contribution >= 0.6 is 0 Å². The molecule has 0 aliphatic carbocycles. The third-order valence-corrected chi connectivity index (χ3v) is 4.13. The summed E-state index contributed by atoms with van der Waals surface area (Å²) >= 11 is 0. The molecule has 1 N–H and O–H groups in total. The van der Waals surface area contributed by atoms with E-state index in [1.54, 1.807) is 0 Å². The van der Waals surface area contributed by atoms with E-state index in [0.29, 0.717) is 0 Å². The number of nitrogens with one attached hydrogen (secondary N) is 1. The first-order chi connectivity index (χ1) is 8.15. The predicted molar refractivity (Wildman–Crippen MR) is 73.3 cm³/mol. The van der Waals surface area contributed by atoms with Crippen molar-refractivity contribution in [2.24, 2.45) is 11.8 Å². The lowest BCUT2D eigenvalue weighted by molar-refractivity contribution is 0.0651. The number of hydrogen-bond acceptors (Lipinski definition) is 3. The standard InChI is InChI=1S/C14H29N3/c1-12(2)8-13(3)11-16-4-6-17(7-5-16)14-9-15-10-14/h12-15H,4-11H2,1-3H3. The van der Waals surface area contributed by atoms with Crippen LogP contribution in [0, 0.1) is 11.8 Å². The smallest absolute Gasteiger partial charge is 0.0346 e. The van der Waals surface area contributed by atoms with Crippen molar-refractivity contribution in [2.75, 3.05) is 45.8 Å². The topological polar surface area (TPSA) is 18.5 Å². The molecule has 1 atom stereocenters. The molecule has 0 aromatic heterocycles. The minimum atomic E-state index is 0.838. The summed E-state index contributed by atoms with van der Waals surface area (Å²) in [5, 5.41) is 3.37. The molecule has 0 saturated carbocycles. The molecule has 0 amide bonds. The average Bonchev–Trinajstić information content (AvgIpc) is 2.16. The molecule has 0 radical (unpaired) electrons. The van der Waals surface area contributed by atoms with Crippen LogP contribution in [0.3, 0.4) is 0 Å².